The largest absolute Gasteiger partial charge is 0.416 e. The first-order chi connectivity index (χ1) is 14.7. The number of carbonyl (C=O) groups excluding carboxylic acids is 2. The third-order valence-corrected chi connectivity index (χ3v) is 5.82. The van der Waals surface area contributed by atoms with Gasteiger partial charge in [-0.3, -0.25) is 9.59 Å². The number of carbonyl (C=O) groups is 2. The van der Waals surface area contributed by atoms with Crippen LogP contribution >= 0.6 is 23.4 Å². The summed E-state index contributed by atoms with van der Waals surface area (Å²) in [6.45, 7) is 6.47. The van der Waals surface area contributed by atoms with E-state index < -0.39 is 17.8 Å². The van der Waals surface area contributed by atoms with E-state index in [1.807, 2.05) is 0 Å². The maximum absolute atomic E-state index is 12.6. The van der Waals surface area contributed by atoms with Crippen LogP contribution in [0.5, 0.6) is 0 Å². The van der Waals surface area contributed by atoms with Crippen molar-refractivity contribution in [2.75, 3.05) is 18.2 Å². The SMILES string of the molecule is COC(CCC/C=C/C(C)(C)C)C(N)=O.O=C1CCSc2c(Cl)cc(C(F)(F)F)cc2N1. The number of ether oxygens (including phenoxy) is 1. The molecule has 32 heavy (non-hydrogen) atoms. The first-order valence-electron chi connectivity index (χ1n) is 10.1. The second-order valence-electron chi connectivity index (χ2n) is 8.31. The molecule has 1 aliphatic heterocycles. The van der Waals surface area contributed by atoms with Crippen LogP contribution in [0.2, 0.25) is 5.02 Å². The number of unbranched alkanes of at least 4 members (excludes halogenated alkanes) is 1. The summed E-state index contributed by atoms with van der Waals surface area (Å²) >= 11 is 7.08. The van der Waals surface area contributed by atoms with Crippen molar-refractivity contribution in [3.63, 3.8) is 0 Å². The highest BCUT2D eigenvalue weighted by molar-refractivity contribution is 7.99. The van der Waals surface area contributed by atoms with Crippen LogP contribution in [-0.4, -0.2) is 30.8 Å². The van der Waals surface area contributed by atoms with Gasteiger partial charge >= 0.3 is 6.18 Å². The lowest BCUT2D eigenvalue weighted by molar-refractivity contribution is -0.137. The number of anilines is 1. The van der Waals surface area contributed by atoms with Gasteiger partial charge in [0.1, 0.15) is 6.10 Å². The molecular weight excluding hydrogens is 465 g/mol. The fourth-order valence-corrected chi connectivity index (χ4v) is 4.03. The van der Waals surface area contributed by atoms with Gasteiger partial charge in [-0.05, 0) is 36.8 Å². The van der Waals surface area contributed by atoms with E-state index in [1.165, 1.54) is 18.9 Å². The highest BCUT2D eigenvalue weighted by Gasteiger charge is 2.32. The number of allylic oxidation sites excluding steroid dienone is 2. The monoisotopic (exact) mass is 494 g/mol. The van der Waals surface area contributed by atoms with Crippen molar-refractivity contribution in [1.82, 2.24) is 0 Å². The lowest BCUT2D eigenvalue weighted by Gasteiger charge is -2.13. The Bertz CT molecular complexity index is 824. The summed E-state index contributed by atoms with van der Waals surface area (Å²) in [5.41, 5.74) is 4.65. The van der Waals surface area contributed by atoms with Gasteiger partial charge < -0.3 is 15.8 Å². The molecule has 0 saturated heterocycles. The third-order valence-electron chi connectivity index (χ3n) is 4.28. The Labute approximate surface area is 196 Å². The van der Waals surface area contributed by atoms with Crippen molar-refractivity contribution in [2.45, 2.75) is 63.6 Å². The summed E-state index contributed by atoms with van der Waals surface area (Å²) in [5, 5.41) is 2.45. The molecule has 0 radical (unpaired) electrons. The highest BCUT2D eigenvalue weighted by Crippen LogP contribution is 2.41. The molecule has 1 aromatic rings. The van der Waals surface area contributed by atoms with Gasteiger partial charge in [-0.1, -0.05) is 44.5 Å². The molecule has 10 heteroatoms. The van der Waals surface area contributed by atoms with Crippen molar-refractivity contribution in [3.8, 4) is 0 Å². The number of thioether (sulfide) groups is 1. The molecule has 180 valence electrons. The number of halogens is 4. The molecular formula is C22H30ClF3N2O3S. The minimum Gasteiger partial charge on any atom is -0.372 e. The zero-order valence-corrected chi connectivity index (χ0v) is 20.2. The van der Waals surface area contributed by atoms with E-state index in [0.717, 1.165) is 25.0 Å². The van der Waals surface area contributed by atoms with Gasteiger partial charge in [-0.15, -0.1) is 11.8 Å². The quantitative estimate of drug-likeness (QED) is 0.372. The van der Waals surface area contributed by atoms with Gasteiger partial charge in [0, 0.05) is 24.2 Å². The lowest BCUT2D eigenvalue weighted by Crippen LogP contribution is -2.29. The van der Waals surface area contributed by atoms with Gasteiger partial charge in [0.2, 0.25) is 11.8 Å². The van der Waals surface area contributed by atoms with Crippen molar-refractivity contribution in [3.05, 3.63) is 34.9 Å². The van der Waals surface area contributed by atoms with Crippen LogP contribution in [0.1, 0.15) is 52.0 Å². The molecule has 1 atom stereocenters. The van der Waals surface area contributed by atoms with E-state index in [1.54, 1.807) is 0 Å². The Morgan fingerprint density at radius 2 is 2.00 bits per heavy atom. The molecule has 1 aliphatic rings. The first kappa shape index (κ1) is 28.3. The van der Waals surface area contributed by atoms with Crippen molar-refractivity contribution in [2.24, 2.45) is 11.1 Å². The van der Waals surface area contributed by atoms with Gasteiger partial charge in [-0.2, -0.15) is 13.2 Å². The second-order valence-corrected chi connectivity index (χ2v) is 9.82. The number of nitrogens with two attached hydrogens (primary N) is 1. The molecule has 0 fully saturated rings. The van der Waals surface area contributed by atoms with E-state index in [9.17, 15) is 22.8 Å². The Morgan fingerprint density at radius 3 is 2.53 bits per heavy atom. The zero-order valence-electron chi connectivity index (χ0n) is 18.6. The minimum absolute atomic E-state index is 0.0158. The molecule has 0 bridgehead atoms. The summed E-state index contributed by atoms with van der Waals surface area (Å²) in [4.78, 5) is 22.6. The molecule has 1 aromatic carbocycles. The molecule has 2 rings (SSSR count). The number of rotatable bonds is 6. The van der Waals surface area contributed by atoms with Gasteiger partial charge in [-0.25, -0.2) is 0 Å². The number of fused-ring (bicyclic) bond motifs is 1. The molecule has 0 spiro atoms. The van der Waals surface area contributed by atoms with E-state index in [0.29, 0.717) is 17.1 Å². The van der Waals surface area contributed by atoms with Gasteiger partial charge in [0.25, 0.3) is 0 Å². The van der Waals surface area contributed by atoms with Crippen molar-refractivity contribution < 1.29 is 27.5 Å². The van der Waals surface area contributed by atoms with Crippen LogP contribution < -0.4 is 11.1 Å². The number of amides is 2. The minimum atomic E-state index is -4.47. The molecule has 0 aromatic heterocycles. The highest BCUT2D eigenvalue weighted by atomic mass is 35.5. The van der Waals surface area contributed by atoms with Crippen LogP contribution in [0.25, 0.3) is 0 Å². The van der Waals surface area contributed by atoms with E-state index >= 15 is 0 Å². The first-order valence-corrected chi connectivity index (χ1v) is 11.4. The Kier molecular flexibility index (Phi) is 11.1. The van der Waals surface area contributed by atoms with Gasteiger partial charge in [0.05, 0.1) is 16.3 Å². The average Bonchev–Trinajstić information content (AvgIpc) is 2.84. The molecule has 2 amide bonds. The average molecular weight is 495 g/mol. The Morgan fingerprint density at radius 1 is 1.34 bits per heavy atom. The number of benzene rings is 1. The molecule has 0 saturated carbocycles. The number of hydrogen-bond acceptors (Lipinski definition) is 4. The topological polar surface area (TPSA) is 81.4 Å². The maximum atomic E-state index is 12.6. The lowest BCUT2D eigenvalue weighted by atomic mass is 9.95. The summed E-state index contributed by atoms with van der Waals surface area (Å²) in [7, 11) is 1.51. The van der Waals surface area contributed by atoms with E-state index in [-0.39, 0.29) is 34.4 Å². The van der Waals surface area contributed by atoms with Crippen LogP contribution in [0.15, 0.2) is 29.2 Å². The molecule has 1 heterocycles. The smallest absolute Gasteiger partial charge is 0.372 e. The molecule has 5 nitrogen and oxygen atoms in total. The Balaban J connectivity index is 0.000000324. The van der Waals surface area contributed by atoms with Crippen molar-refractivity contribution >= 4 is 40.9 Å². The van der Waals surface area contributed by atoms with Crippen LogP contribution in [0.3, 0.4) is 0 Å². The molecule has 3 N–H and O–H groups in total. The fourth-order valence-electron chi connectivity index (χ4n) is 2.69. The number of alkyl halides is 3. The summed E-state index contributed by atoms with van der Waals surface area (Å²) < 4.78 is 42.6. The fraction of sp³-hybridized carbons (Fsp3) is 0.545. The number of nitrogens with one attached hydrogen (secondary N) is 1. The zero-order chi connectivity index (χ0) is 24.5. The Hall–Kier alpha value is -1.71. The number of methoxy groups -OCH3 is 1. The maximum Gasteiger partial charge on any atom is 0.416 e. The van der Waals surface area contributed by atoms with Crippen molar-refractivity contribution in [1.29, 1.82) is 0 Å². The summed E-state index contributed by atoms with van der Waals surface area (Å²) in [5.74, 6) is -0.173. The normalized spacial score (nSPS) is 15.3. The number of primary amides is 1. The number of hydrogen-bond donors (Lipinski definition) is 2. The van der Waals surface area contributed by atoms with Crippen LogP contribution in [0, 0.1) is 5.41 Å². The van der Waals surface area contributed by atoms with Crippen LogP contribution in [-0.2, 0) is 20.5 Å². The second kappa shape index (κ2) is 12.5. The summed E-state index contributed by atoms with van der Waals surface area (Å²) in [6, 6.07) is 1.79. The molecule has 1 unspecified atom stereocenters. The predicted molar refractivity (Wildman–Crippen MR) is 123 cm³/mol. The predicted octanol–water partition coefficient (Wildman–Crippen LogP) is 6.05. The third kappa shape index (κ3) is 10.3. The van der Waals surface area contributed by atoms with Crippen LogP contribution in [0.4, 0.5) is 18.9 Å². The summed E-state index contributed by atoms with van der Waals surface area (Å²) in [6.07, 6.45) is 2.26. The van der Waals surface area contributed by atoms with E-state index in [4.69, 9.17) is 22.1 Å². The standard InChI is InChI=1S/C12H23NO2.C10H7ClF3NOS/c1-12(2,3)9-7-5-6-8-10(15-4)11(13)14;11-6-3-5(10(12,13)14)4-7-9(6)17-2-1-8(16)15-7/h7,9-10H,5-6,8H2,1-4H3,(H2,13,14);3-4H,1-2H2,(H,15,16)/b9-7+;. The molecule has 0 aliphatic carbocycles. The van der Waals surface area contributed by atoms with Gasteiger partial charge in [0.15, 0.2) is 0 Å². The van der Waals surface area contributed by atoms with E-state index in [2.05, 4.69) is 38.2 Å².